The molecule has 1 rings (SSSR count). The number of hydrogen-bond donors (Lipinski definition) is 2. The summed E-state index contributed by atoms with van der Waals surface area (Å²) in [7, 11) is 1.66. The van der Waals surface area contributed by atoms with E-state index in [9.17, 15) is 4.79 Å². The van der Waals surface area contributed by atoms with Crippen LogP contribution < -0.4 is 10.6 Å². The Morgan fingerprint density at radius 3 is 2.57 bits per heavy atom. The van der Waals surface area contributed by atoms with Crippen molar-refractivity contribution in [3.05, 3.63) is 0 Å². The largest absolute Gasteiger partial charge is 0.342 e. The summed E-state index contributed by atoms with van der Waals surface area (Å²) in [5, 5.41) is 5.83. The minimum Gasteiger partial charge on any atom is -0.342 e. The Labute approximate surface area is 85.2 Å². The van der Waals surface area contributed by atoms with Gasteiger partial charge in [0, 0.05) is 7.05 Å². The molecule has 4 nitrogen and oxygen atoms in total. The molecule has 0 saturated carbocycles. The second kappa shape index (κ2) is 3.98. The van der Waals surface area contributed by atoms with Crippen LogP contribution in [0, 0.1) is 5.92 Å². The van der Waals surface area contributed by atoms with Crippen molar-refractivity contribution in [2.45, 2.75) is 39.2 Å². The summed E-state index contributed by atoms with van der Waals surface area (Å²) in [5.74, 6) is 1.23. The third-order valence-electron chi connectivity index (χ3n) is 2.57. The highest BCUT2D eigenvalue weighted by molar-refractivity contribution is 6.08. The monoisotopic (exact) mass is 197 g/mol. The van der Waals surface area contributed by atoms with E-state index in [1.807, 2.05) is 6.92 Å². The zero-order valence-corrected chi connectivity index (χ0v) is 9.35. The molecule has 1 fully saturated rings. The lowest BCUT2D eigenvalue weighted by Gasteiger charge is -2.21. The number of aliphatic imine (C=N–C) groups is 1. The van der Waals surface area contributed by atoms with Crippen molar-refractivity contribution >= 4 is 11.9 Å². The van der Waals surface area contributed by atoms with E-state index in [1.54, 1.807) is 7.05 Å². The molecule has 0 aliphatic carbocycles. The van der Waals surface area contributed by atoms with E-state index >= 15 is 0 Å². The number of nitrogens with one attached hydrogen (secondary N) is 2. The number of carbonyl (C=O) groups excluding carboxylic acids is 1. The summed E-state index contributed by atoms with van der Waals surface area (Å²) in [4.78, 5) is 15.6. The molecule has 1 atom stereocenters. The van der Waals surface area contributed by atoms with Crippen LogP contribution in [0.3, 0.4) is 0 Å². The third kappa shape index (κ3) is 2.25. The second-order valence-electron chi connectivity index (χ2n) is 4.42. The van der Waals surface area contributed by atoms with Gasteiger partial charge in [-0.05, 0) is 25.7 Å². The van der Waals surface area contributed by atoms with Gasteiger partial charge in [-0.1, -0.05) is 13.8 Å². The Balaban J connectivity index is 2.61. The predicted octanol–water partition coefficient (Wildman–Crippen LogP) is 0.886. The molecule has 4 heteroatoms. The lowest BCUT2D eigenvalue weighted by Crippen LogP contribution is -2.43. The molecule has 1 heterocycles. The van der Waals surface area contributed by atoms with E-state index in [-0.39, 0.29) is 5.91 Å². The van der Waals surface area contributed by atoms with Gasteiger partial charge in [0.25, 0.3) is 5.91 Å². The standard InChI is InChI=1S/C10H19N3O/c1-7(2)5-6-10(3)8(14)12-9(11-4)13-10/h7H,5-6H2,1-4H3,(H2,11,12,13,14). The first kappa shape index (κ1) is 11.0. The normalized spacial score (nSPS) is 29.5. The number of rotatable bonds is 3. The highest BCUT2D eigenvalue weighted by atomic mass is 16.2. The molecule has 1 amide bonds. The SMILES string of the molecule is CN=C1NC(=O)C(C)(CCC(C)C)N1. The molecule has 80 valence electrons. The summed E-state index contributed by atoms with van der Waals surface area (Å²) in [6, 6.07) is 0. The number of amides is 1. The Bertz CT molecular complexity index is 260. The third-order valence-corrected chi connectivity index (χ3v) is 2.57. The van der Waals surface area contributed by atoms with E-state index in [2.05, 4.69) is 29.5 Å². The van der Waals surface area contributed by atoms with Crippen LogP contribution in [-0.4, -0.2) is 24.5 Å². The number of hydrogen-bond acceptors (Lipinski definition) is 2. The highest BCUT2D eigenvalue weighted by Crippen LogP contribution is 2.19. The van der Waals surface area contributed by atoms with Crippen LogP contribution in [0.25, 0.3) is 0 Å². The lowest BCUT2D eigenvalue weighted by molar-refractivity contribution is -0.123. The van der Waals surface area contributed by atoms with Crippen molar-refractivity contribution in [1.82, 2.24) is 10.6 Å². The summed E-state index contributed by atoms with van der Waals surface area (Å²) >= 11 is 0. The van der Waals surface area contributed by atoms with Crippen LogP contribution in [0.5, 0.6) is 0 Å². The topological polar surface area (TPSA) is 53.5 Å². The van der Waals surface area contributed by atoms with Gasteiger partial charge < -0.3 is 5.32 Å². The van der Waals surface area contributed by atoms with E-state index < -0.39 is 5.54 Å². The minimum atomic E-state index is -0.473. The summed E-state index contributed by atoms with van der Waals surface area (Å²) in [5.41, 5.74) is -0.473. The number of nitrogens with zero attached hydrogens (tertiary/aromatic N) is 1. The molecule has 14 heavy (non-hydrogen) atoms. The van der Waals surface area contributed by atoms with E-state index in [4.69, 9.17) is 0 Å². The first-order valence-corrected chi connectivity index (χ1v) is 5.04. The minimum absolute atomic E-state index is 0.0266. The average molecular weight is 197 g/mol. The smallest absolute Gasteiger partial charge is 0.252 e. The molecular formula is C10H19N3O. The molecular weight excluding hydrogens is 178 g/mol. The first-order valence-electron chi connectivity index (χ1n) is 5.04. The molecule has 1 saturated heterocycles. The number of carbonyl (C=O) groups is 1. The molecule has 0 aromatic carbocycles. The molecule has 0 radical (unpaired) electrons. The van der Waals surface area contributed by atoms with Crippen molar-refractivity contribution in [2.75, 3.05) is 7.05 Å². The molecule has 0 spiro atoms. The number of guanidine groups is 1. The second-order valence-corrected chi connectivity index (χ2v) is 4.42. The van der Waals surface area contributed by atoms with Crippen LogP contribution >= 0.6 is 0 Å². The molecule has 0 aromatic heterocycles. The predicted molar refractivity (Wildman–Crippen MR) is 57.1 cm³/mol. The fourth-order valence-electron chi connectivity index (χ4n) is 1.46. The van der Waals surface area contributed by atoms with Gasteiger partial charge in [0.15, 0.2) is 5.96 Å². The van der Waals surface area contributed by atoms with Gasteiger partial charge in [-0.2, -0.15) is 0 Å². The molecule has 1 aliphatic rings. The summed E-state index contributed by atoms with van der Waals surface area (Å²) < 4.78 is 0. The van der Waals surface area contributed by atoms with Crippen LogP contribution in [-0.2, 0) is 4.79 Å². The van der Waals surface area contributed by atoms with Crippen molar-refractivity contribution in [3.63, 3.8) is 0 Å². The lowest BCUT2D eigenvalue weighted by atomic mass is 9.92. The van der Waals surface area contributed by atoms with Gasteiger partial charge in [0.05, 0.1) is 0 Å². The molecule has 1 unspecified atom stereocenters. The average Bonchev–Trinajstić information content (AvgIpc) is 2.40. The van der Waals surface area contributed by atoms with E-state index in [0.717, 1.165) is 12.8 Å². The zero-order valence-electron chi connectivity index (χ0n) is 9.35. The molecule has 1 aliphatic heterocycles. The molecule has 2 N–H and O–H groups in total. The van der Waals surface area contributed by atoms with Gasteiger partial charge in [-0.25, -0.2) is 0 Å². The maximum atomic E-state index is 11.6. The first-order chi connectivity index (χ1) is 6.48. The van der Waals surface area contributed by atoms with Gasteiger partial charge in [-0.3, -0.25) is 15.1 Å². The molecule has 0 bridgehead atoms. The Kier molecular flexibility index (Phi) is 3.13. The van der Waals surface area contributed by atoms with Gasteiger partial charge in [0.1, 0.15) is 5.54 Å². The maximum absolute atomic E-state index is 11.6. The highest BCUT2D eigenvalue weighted by Gasteiger charge is 2.39. The van der Waals surface area contributed by atoms with E-state index in [0.29, 0.717) is 11.9 Å². The van der Waals surface area contributed by atoms with Gasteiger partial charge in [-0.15, -0.1) is 0 Å². The van der Waals surface area contributed by atoms with Crippen molar-refractivity contribution in [3.8, 4) is 0 Å². The van der Waals surface area contributed by atoms with Crippen LogP contribution in [0.15, 0.2) is 4.99 Å². The van der Waals surface area contributed by atoms with Crippen molar-refractivity contribution in [1.29, 1.82) is 0 Å². The fourth-order valence-corrected chi connectivity index (χ4v) is 1.46. The van der Waals surface area contributed by atoms with Crippen LogP contribution in [0.2, 0.25) is 0 Å². The summed E-state index contributed by atoms with van der Waals surface area (Å²) in [6.45, 7) is 6.24. The van der Waals surface area contributed by atoms with Crippen LogP contribution in [0.1, 0.15) is 33.6 Å². The molecule has 0 aromatic rings. The Morgan fingerprint density at radius 1 is 1.50 bits per heavy atom. The quantitative estimate of drug-likeness (QED) is 0.706. The van der Waals surface area contributed by atoms with Crippen LogP contribution in [0.4, 0.5) is 0 Å². The summed E-state index contributed by atoms with van der Waals surface area (Å²) in [6.07, 6.45) is 1.88. The van der Waals surface area contributed by atoms with Crippen molar-refractivity contribution in [2.24, 2.45) is 10.9 Å². The maximum Gasteiger partial charge on any atom is 0.252 e. The van der Waals surface area contributed by atoms with Crippen molar-refractivity contribution < 1.29 is 4.79 Å². The zero-order chi connectivity index (χ0) is 10.8. The van der Waals surface area contributed by atoms with E-state index in [1.165, 1.54) is 0 Å². The Hall–Kier alpha value is -1.06. The van der Waals surface area contributed by atoms with Gasteiger partial charge in [0.2, 0.25) is 0 Å². The van der Waals surface area contributed by atoms with Gasteiger partial charge >= 0.3 is 0 Å². The fraction of sp³-hybridized carbons (Fsp3) is 0.800. The Morgan fingerprint density at radius 2 is 2.14 bits per heavy atom.